The SMILES string of the molecule is N[C@@H](C[C@@H](O)c1cccc(OC(F)(F)C(F)F)c1)C(F)(F)F. The zero-order valence-corrected chi connectivity index (χ0v) is 10.8. The summed E-state index contributed by atoms with van der Waals surface area (Å²) < 4.78 is 90.0. The minimum atomic E-state index is -4.76. The van der Waals surface area contributed by atoms with Crippen molar-refractivity contribution in [3.05, 3.63) is 29.8 Å². The fourth-order valence-electron chi connectivity index (χ4n) is 1.50. The molecule has 1 aromatic rings. The third kappa shape index (κ3) is 5.02. The highest BCUT2D eigenvalue weighted by Crippen LogP contribution is 2.31. The first-order valence-corrected chi connectivity index (χ1v) is 5.89. The van der Waals surface area contributed by atoms with E-state index in [1.54, 1.807) is 0 Å². The molecule has 0 aromatic heterocycles. The summed E-state index contributed by atoms with van der Waals surface area (Å²) in [5.41, 5.74) is 4.61. The van der Waals surface area contributed by atoms with E-state index in [2.05, 4.69) is 4.74 Å². The molecule has 0 unspecified atom stereocenters. The number of alkyl halides is 7. The van der Waals surface area contributed by atoms with E-state index in [-0.39, 0.29) is 5.56 Å². The fourth-order valence-corrected chi connectivity index (χ4v) is 1.50. The molecule has 3 N–H and O–H groups in total. The van der Waals surface area contributed by atoms with Gasteiger partial charge >= 0.3 is 18.7 Å². The van der Waals surface area contributed by atoms with Crippen molar-refractivity contribution in [2.45, 2.75) is 37.3 Å². The van der Waals surface area contributed by atoms with Crippen LogP contribution in [0.15, 0.2) is 24.3 Å². The van der Waals surface area contributed by atoms with Crippen LogP contribution in [0.25, 0.3) is 0 Å². The van der Waals surface area contributed by atoms with Gasteiger partial charge in [-0.3, -0.25) is 0 Å². The first kappa shape index (κ1) is 18.5. The Hall–Kier alpha value is -1.55. The molecule has 22 heavy (non-hydrogen) atoms. The Morgan fingerprint density at radius 1 is 1.14 bits per heavy atom. The molecule has 0 heterocycles. The number of rotatable bonds is 6. The Kier molecular flexibility index (Phi) is 5.63. The van der Waals surface area contributed by atoms with Gasteiger partial charge in [0.2, 0.25) is 0 Å². The van der Waals surface area contributed by atoms with E-state index in [4.69, 9.17) is 5.73 Å². The third-order valence-corrected chi connectivity index (χ3v) is 2.65. The molecule has 1 aromatic carbocycles. The number of aliphatic hydroxyl groups excluding tert-OH is 1. The number of hydrogen-bond acceptors (Lipinski definition) is 3. The van der Waals surface area contributed by atoms with Crippen LogP contribution in [-0.2, 0) is 0 Å². The maximum atomic E-state index is 12.7. The van der Waals surface area contributed by atoms with Crippen LogP contribution in [-0.4, -0.2) is 29.9 Å². The van der Waals surface area contributed by atoms with Gasteiger partial charge in [0.15, 0.2) is 0 Å². The van der Waals surface area contributed by atoms with Crippen LogP contribution in [0.2, 0.25) is 0 Å². The largest absolute Gasteiger partial charge is 0.461 e. The third-order valence-electron chi connectivity index (χ3n) is 2.65. The zero-order valence-electron chi connectivity index (χ0n) is 10.8. The smallest absolute Gasteiger partial charge is 0.428 e. The molecule has 10 heteroatoms. The van der Waals surface area contributed by atoms with Gasteiger partial charge < -0.3 is 15.6 Å². The lowest BCUT2D eigenvalue weighted by Crippen LogP contribution is -2.38. The van der Waals surface area contributed by atoms with Crippen molar-refractivity contribution in [1.82, 2.24) is 0 Å². The van der Waals surface area contributed by atoms with E-state index in [1.165, 1.54) is 0 Å². The molecule has 0 fully saturated rings. The van der Waals surface area contributed by atoms with E-state index in [0.29, 0.717) is 0 Å². The van der Waals surface area contributed by atoms with Crippen molar-refractivity contribution < 1.29 is 40.6 Å². The van der Waals surface area contributed by atoms with E-state index in [0.717, 1.165) is 24.3 Å². The molecule has 1 rings (SSSR count). The van der Waals surface area contributed by atoms with Crippen LogP contribution in [0.5, 0.6) is 5.75 Å². The second-order valence-corrected chi connectivity index (χ2v) is 4.44. The lowest BCUT2D eigenvalue weighted by Gasteiger charge is -2.20. The maximum absolute atomic E-state index is 12.7. The number of aliphatic hydroxyl groups is 1. The molecule has 3 nitrogen and oxygen atoms in total. The predicted octanol–water partition coefficient (Wildman–Crippen LogP) is 3.24. The molecular weight excluding hydrogens is 323 g/mol. The molecule has 0 amide bonds. The minimum Gasteiger partial charge on any atom is -0.428 e. The number of hydrogen-bond donors (Lipinski definition) is 2. The van der Waals surface area contributed by atoms with Gasteiger partial charge in [-0.2, -0.15) is 30.7 Å². The summed E-state index contributed by atoms with van der Waals surface area (Å²) in [6.45, 7) is 0. The first-order chi connectivity index (χ1) is 9.93. The molecule has 0 spiro atoms. The average molecular weight is 335 g/mol. The molecule has 0 saturated heterocycles. The molecule has 0 saturated carbocycles. The summed E-state index contributed by atoms with van der Waals surface area (Å²) >= 11 is 0. The second kappa shape index (κ2) is 6.69. The van der Waals surface area contributed by atoms with Crippen LogP contribution >= 0.6 is 0 Å². The Morgan fingerprint density at radius 3 is 2.23 bits per heavy atom. The van der Waals surface area contributed by atoms with Crippen molar-refractivity contribution in [3.63, 3.8) is 0 Å². The summed E-state index contributed by atoms with van der Waals surface area (Å²) in [7, 11) is 0. The summed E-state index contributed by atoms with van der Waals surface area (Å²) in [4.78, 5) is 0. The summed E-state index contributed by atoms with van der Waals surface area (Å²) in [6.07, 6.45) is -16.2. The molecule has 0 aliphatic rings. The van der Waals surface area contributed by atoms with Gasteiger partial charge in [0.05, 0.1) is 6.10 Å². The van der Waals surface area contributed by atoms with Gasteiger partial charge in [0.25, 0.3) is 0 Å². The van der Waals surface area contributed by atoms with Crippen molar-refractivity contribution in [2.75, 3.05) is 0 Å². The normalized spacial score (nSPS) is 15.7. The molecule has 126 valence electrons. The van der Waals surface area contributed by atoms with Crippen molar-refractivity contribution >= 4 is 0 Å². The monoisotopic (exact) mass is 335 g/mol. The van der Waals surface area contributed by atoms with Gasteiger partial charge in [0.1, 0.15) is 11.8 Å². The van der Waals surface area contributed by atoms with Gasteiger partial charge in [-0.1, -0.05) is 12.1 Å². The fraction of sp³-hybridized carbons (Fsp3) is 0.500. The average Bonchev–Trinajstić information content (AvgIpc) is 2.37. The van der Waals surface area contributed by atoms with Crippen molar-refractivity contribution in [1.29, 1.82) is 0 Å². The molecule has 2 atom stereocenters. The van der Waals surface area contributed by atoms with Gasteiger partial charge in [-0.15, -0.1) is 0 Å². The van der Waals surface area contributed by atoms with E-state index < -0.39 is 43.0 Å². The van der Waals surface area contributed by atoms with E-state index >= 15 is 0 Å². The highest BCUT2D eigenvalue weighted by atomic mass is 19.4. The van der Waals surface area contributed by atoms with E-state index in [9.17, 15) is 35.8 Å². The molecule has 0 aliphatic heterocycles. The molecule has 0 radical (unpaired) electrons. The van der Waals surface area contributed by atoms with Crippen LogP contribution in [0.3, 0.4) is 0 Å². The Labute approximate surface area is 120 Å². The second-order valence-electron chi connectivity index (χ2n) is 4.44. The molecule has 0 aliphatic carbocycles. The van der Waals surface area contributed by atoms with Crippen LogP contribution in [0.1, 0.15) is 18.1 Å². The quantitative estimate of drug-likeness (QED) is 0.785. The maximum Gasteiger partial charge on any atom is 0.461 e. The molecule has 0 bridgehead atoms. The van der Waals surface area contributed by atoms with Crippen LogP contribution in [0, 0.1) is 0 Å². The first-order valence-electron chi connectivity index (χ1n) is 5.89. The van der Waals surface area contributed by atoms with Crippen molar-refractivity contribution in [2.24, 2.45) is 5.73 Å². The van der Waals surface area contributed by atoms with Crippen LogP contribution < -0.4 is 10.5 Å². The Morgan fingerprint density at radius 2 is 1.73 bits per heavy atom. The van der Waals surface area contributed by atoms with Gasteiger partial charge in [-0.05, 0) is 17.7 Å². The van der Waals surface area contributed by atoms with Gasteiger partial charge in [-0.25, -0.2) is 0 Å². The Bertz CT molecular complexity index is 493. The lowest BCUT2D eigenvalue weighted by atomic mass is 10.0. The predicted molar refractivity (Wildman–Crippen MR) is 61.6 cm³/mol. The highest BCUT2D eigenvalue weighted by Gasteiger charge is 2.44. The van der Waals surface area contributed by atoms with E-state index in [1.807, 2.05) is 0 Å². The van der Waals surface area contributed by atoms with Crippen LogP contribution in [0.4, 0.5) is 30.7 Å². The summed E-state index contributed by atoms with van der Waals surface area (Å²) in [6, 6.07) is 1.50. The Balaban J connectivity index is 2.84. The number of benzene rings is 1. The van der Waals surface area contributed by atoms with Crippen molar-refractivity contribution in [3.8, 4) is 5.75 Å². The topological polar surface area (TPSA) is 55.5 Å². The summed E-state index contributed by atoms with van der Waals surface area (Å²) in [5.74, 6) is -0.720. The highest BCUT2D eigenvalue weighted by molar-refractivity contribution is 5.30. The minimum absolute atomic E-state index is 0.220. The number of halogens is 7. The zero-order chi connectivity index (χ0) is 17.1. The molecular formula is C12H12F7NO2. The lowest BCUT2D eigenvalue weighted by molar-refractivity contribution is -0.253. The number of ether oxygens (including phenoxy) is 1. The standard InChI is InChI=1S/C12H12F7NO2/c13-10(14)12(18,19)22-7-3-1-2-6(4-7)8(21)5-9(20)11(15,16)17/h1-4,8-10,21H,5,20H2/t8-,9+/m1/s1. The summed E-state index contributed by atoms with van der Waals surface area (Å²) in [5, 5.41) is 9.62. The van der Waals surface area contributed by atoms with Gasteiger partial charge in [0, 0.05) is 6.42 Å². The number of nitrogens with two attached hydrogens (primary N) is 1.